The van der Waals surface area contributed by atoms with Gasteiger partial charge in [-0.1, -0.05) is 25.1 Å². The van der Waals surface area contributed by atoms with E-state index in [1.807, 2.05) is 0 Å². The Hall–Kier alpha value is -1.51. The number of nitrogens with one attached hydrogen (secondary N) is 1. The Kier molecular flexibility index (Phi) is 3.13. The van der Waals surface area contributed by atoms with Crippen molar-refractivity contribution in [3.05, 3.63) is 29.3 Å². The number of carboxylic acids is 1. The molecule has 3 heteroatoms. The standard InChI is InChI=1S/C13H17NO2/c1-2-9-4-3-5-11-10(6-7-12(15)16)8-14-13(9)11/h3-5,10,14H,2,6-8H2,1H3,(H,15,16). The number of carboxylic acid groups (broad SMARTS) is 1. The van der Waals surface area contributed by atoms with Crippen LogP contribution in [0.3, 0.4) is 0 Å². The molecule has 1 aliphatic rings. The topological polar surface area (TPSA) is 49.3 Å². The maximum Gasteiger partial charge on any atom is 0.303 e. The molecule has 1 aliphatic heterocycles. The smallest absolute Gasteiger partial charge is 0.303 e. The first-order valence-corrected chi connectivity index (χ1v) is 5.79. The predicted molar refractivity (Wildman–Crippen MR) is 63.9 cm³/mol. The number of fused-ring (bicyclic) bond motifs is 1. The molecule has 1 unspecified atom stereocenters. The largest absolute Gasteiger partial charge is 0.481 e. The zero-order valence-electron chi connectivity index (χ0n) is 9.49. The first kappa shape index (κ1) is 11.0. The average molecular weight is 219 g/mol. The van der Waals surface area contributed by atoms with Gasteiger partial charge in [0.25, 0.3) is 0 Å². The minimum atomic E-state index is -0.708. The van der Waals surface area contributed by atoms with Crippen LogP contribution in [0, 0.1) is 0 Å². The van der Waals surface area contributed by atoms with E-state index in [0.717, 1.165) is 19.4 Å². The van der Waals surface area contributed by atoms with Crippen LogP contribution in [0.4, 0.5) is 5.69 Å². The molecule has 1 heterocycles. The highest BCUT2D eigenvalue weighted by Crippen LogP contribution is 2.36. The molecule has 3 nitrogen and oxygen atoms in total. The molecule has 0 saturated heterocycles. The molecule has 0 spiro atoms. The van der Waals surface area contributed by atoms with E-state index >= 15 is 0 Å². The Morgan fingerprint density at radius 2 is 2.38 bits per heavy atom. The lowest BCUT2D eigenvalue weighted by atomic mass is 9.94. The van der Waals surface area contributed by atoms with Crippen molar-refractivity contribution >= 4 is 11.7 Å². The Morgan fingerprint density at radius 3 is 3.06 bits per heavy atom. The fourth-order valence-electron chi connectivity index (χ4n) is 2.36. The van der Waals surface area contributed by atoms with Gasteiger partial charge in [0.2, 0.25) is 0 Å². The van der Waals surface area contributed by atoms with E-state index in [-0.39, 0.29) is 6.42 Å². The van der Waals surface area contributed by atoms with Crippen LogP contribution in [0.15, 0.2) is 18.2 Å². The molecule has 0 radical (unpaired) electrons. The second kappa shape index (κ2) is 4.56. The van der Waals surface area contributed by atoms with Crippen molar-refractivity contribution in [3.8, 4) is 0 Å². The van der Waals surface area contributed by atoms with Crippen molar-refractivity contribution in [1.82, 2.24) is 0 Å². The van der Waals surface area contributed by atoms with E-state index in [0.29, 0.717) is 5.92 Å². The minimum absolute atomic E-state index is 0.252. The lowest BCUT2D eigenvalue weighted by Crippen LogP contribution is -2.05. The van der Waals surface area contributed by atoms with Crippen molar-refractivity contribution < 1.29 is 9.90 Å². The van der Waals surface area contributed by atoms with Gasteiger partial charge >= 0.3 is 5.97 Å². The van der Waals surface area contributed by atoms with Gasteiger partial charge in [0.05, 0.1) is 0 Å². The summed E-state index contributed by atoms with van der Waals surface area (Å²) in [7, 11) is 0. The van der Waals surface area contributed by atoms with Gasteiger partial charge in [0, 0.05) is 24.6 Å². The highest BCUT2D eigenvalue weighted by atomic mass is 16.4. The van der Waals surface area contributed by atoms with Gasteiger partial charge in [-0.05, 0) is 24.0 Å². The number of aryl methyl sites for hydroxylation is 1. The summed E-state index contributed by atoms with van der Waals surface area (Å²) in [6.07, 6.45) is 1.99. The number of hydrogen-bond donors (Lipinski definition) is 2. The van der Waals surface area contributed by atoms with E-state index in [9.17, 15) is 4.79 Å². The summed E-state index contributed by atoms with van der Waals surface area (Å²) in [6.45, 7) is 3.02. The molecule has 16 heavy (non-hydrogen) atoms. The van der Waals surface area contributed by atoms with E-state index < -0.39 is 5.97 Å². The van der Waals surface area contributed by atoms with Gasteiger partial charge in [-0.25, -0.2) is 0 Å². The van der Waals surface area contributed by atoms with Crippen molar-refractivity contribution in [1.29, 1.82) is 0 Å². The van der Waals surface area contributed by atoms with Crippen molar-refractivity contribution in [2.24, 2.45) is 0 Å². The summed E-state index contributed by atoms with van der Waals surface area (Å²) in [4.78, 5) is 10.6. The average Bonchev–Trinajstić information content (AvgIpc) is 2.69. The number of anilines is 1. The number of para-hydroxylation sites is 1. The molecule has 0 saturated carbocycles. The normalized spacial score (nSPS) is 17.9. The lowest BCUT2D eigenvalue weighted by molar-refractivity contribution is -0.137. The molecule has 1 atom stereocenters. The maximum atomic E-state index is 10.6. The summed E-state index contributed by atoms with van der Waals surface area (Å²) in [5, 5.41) is 12.1. The molecule has 0 fully saturated rings. The molecule has 1 aromatic carbocycles. The molecule has 86 valence electrons. The predicted octanol–water partition coefficient (Wildman–Crippen LogP) is 2.62. The molecular formula is C13H17NO2. The molecular weight excluding hydrogens is 202 g/mol. The Balaban J connectivity index is 2.16. The second-order valence-corrected chi connectivity index (χ2v) is 4.25. The summed E-state index contributed by atoms with van der Waals surface area (Å²) < 4.78 is 0. The van der Waals surface area contributed by atoms with Crippen LogP contribution in [-0.4, -0.2) is 17.6 Å². The second-order valence-electron chi connectivity index (χ2n) is 4.25. The van der Waals surface area contributed by atoms with Crippen LogP contribution in [0.1, 0.15) is 36.8 Å². The third-order valence-corrected chi connectivity index (χ3v) is 3.24. The first-order valence-electron chi connectivity index (χ1n) is 5.79. The van der Waals surface area contributed by atoms with Crippen LogP contribution in [0.2, 0.25) is 0 Å². The van der Waals surface area contributed by atoms with Crippen LogP contribution < -0.4 is 5.32 Å². The molecule has 2 rings (SSSR count). The minimum Gasteiger partial charge on any atom is -0.481 e. The SMILES string of the molecule is CCc1cccc2c1NCC2CCC(=O)O. The Labute approximate surface area is 95.5 Å². The molecule has 0 aliphatic carbocycles. The number of carbonyl (C=O) groups is 1. The quantitative estimate of drug-likeness (QED) is 0.818. The van der Waals surface area contributed by atoms with E-state index in [2.05, 4.69) is 30.4 Å². The highest BCUT2D eigenvalue weighted by molar-refractivity contribution is 5.68. The van der Waals surface area contributed by atoms with Gasteiger partial charge in [-0.2, -0.15) is 0 Å². The van der Waals surface area contributed by atoms with E-state index in [1.165, 1.54) is 16.8 Å². The van der Waals surface area contributed by atoms with Crippen LogP contribution >= 0.6 is 0 Å². The number of aliphatic carboxylic acids is 1. The number of rotatable bonds is 4. The van der Waals surface area contributed by atoms with Crippen molar-refractivity contribution in [2.45, 2.75) is 32.1 Å². The third kappa shape index (κ3) is 2.03. The van der Waals surface area contributed by atoms with Crippen LogP contribution in [-0.2, 0) is 11.2 Å². The summed E-state index contributed by atoms with van der Waals surface area (Å²) >= 11 is 0. The van der Waals surface area contributed by atoms with E-state index in [4.69, 9.17) is 5.11 Å². The fraction of sp³-hybridized carbons (Fsp3) is 0.462. The van der Waals surface area contributed by atoms with Gasteiger partial charge in [-0.3, -0.25) is 4.79 Å². The van der Waals surface area contributed by atoms with Crippen LogP contribution in [0.25, 0.3) is 0 Å². The zero-order chi connectivity index (χ0) is 11.5. The molecule has 2 N–H and O–H groups in total. The highest BCUT2D eigenvalue weighted by Gasteiger charge is 2.23. The van der Waals surface area contributed by atoms with Gasteiger partial charge in [0.15, 0.2) is 0 Å². The maximum absolute atomic E-state index is 10.6. The fourth-order valence-corrected chi connectivity index (χ4v) is 2.36. The van der Waals surface area contributed by atoms with E-state index in [1.54, 1.807) is 0 Å². The lowest BCUT2D eigenvalue weighted by Gasteiger charge is -2.09. The molecule has 0 aromatic heterocycles. The Morgan fingerprint density at radius 1 is 1.56 bits per heavy atom. The molecule has 0 amide bonds. The molecule has 1 aromatic rings. The van der Waals surface area contributed by atoms with Crippen molar-refractivity contribution in [3.63, 3.8) is 0 Å². The molecule has 0 bridgehead atoms. The Bertz CT molecular complexity index is 401. The summed E-state index contributed by atoms with van der Waals surface area (Å²) in [6, 6.07) is 6.31. The van der Waals surface area contributed by atoms with Gasteiger partial charge in [-0.15, -0.1) is 0 Å². The zero-order valence-corrected chi connectivity index (χ0v) is 9.49. The monoisotopic (exact) mass is 219 g/mol. The third-order valence-electron chi connectivity index (χ3n) is 3.24. The van der Waals surface area contributed by atoms with Crippen molar-refractivity contribution in [2.75, 3.05) is 11.9 Å². The van der Waals surface area contributed by atoms with Crippen LogP contribution in [0.5, 0.6) is 0 Å². The van der Waals surface area contributed by atoms with Gasteiger partial charge in [0.1, 0.15) is 0 Å². The number of benzene rings is 1. The number of hydrogen-bond acceptors (Lipinski definition) is 2. The summed E-state index contributed by atoms with van der Waals surface area (Å²) in [5.74, 6) is -0.349. The first-order chi connectivity index (χ1) is 7.72. The van der Waals surface area contributed by atoms with Gasteiger partial charge < -0.3 is 10.4 Å². The summed E-state index contributed by atoms with van der Waals surface area (Å²) in [5.41, 5.74) is 3.86.